The number of ether oxygens (including phenoxy) is 2. The van der Waals surface area contributed by atoms with Gasteiger partial charge in [-0.05, 0) is 19.4 Å². The highest BCUT2D eigenvalue weighted by Gasteiger charge is 2.48. The average Bonchev–Trinajstić information content (AvgIpc) is 2.55. The maximum Gasteiger partial charge on any atom is 0.328 e. The van der Waals surface area contributed by atoms with Crippen LogP contribution in [0.25, 0.3) is 0 Å². The molecule has 24 heavy (non-hydrogen) atoms. The second kappa shape index (κ2) is 9.65. The van der Waals surface area contributed by atoms with Crippen LogP contribution in [-0.4, -0.2) is 30.9 Å². The van der Waals surface area contributed by atoms with Crippen LogP contribution in [0.3, 0.4) is 0 Å². The van der Waals surface area contributed by atoms with Crippen molar-refractivity contribution in [2.75, 3.05) is 13.2 Å². The lowest BCUT2D eigenvalue weighted by Crippen LogP contribution is -2.42. The molecule has 0 aliphatic carbocycles. The molecule has 0 unspecified atom stereocenters. The lowest BCUT2D eigenvalue weighted by atomic mass is 9.81. The van der Waals surface area contributed by atoms with Gasteiger partial charge in [0.15, 0.2) is 5.41 Å². The molecule has 0 saturated heterocycles. The molecule has 0 spiro atoms. The molecule has 0 radical (unpaired) electrons. The first-order valence-electron chi connectivity index (χ1n) is 7.99. The van der Waals surface area contributed by atoms with Crippen LogP contribution in [-0.2, 0) is 29.9 Å². The van der Waals surface area contributed by atoms with Gasteiger partial charge in [0.2, 0.25) is 0 Å². The number of carbonyl (C=O) groups is 2. The molecule has 0 aliphatic rings. The van der Waals surface area contributed by atoms with Gasteiger partial charge in [0.1, 0.15) is 0 Å². The van der Waals surface area contributed by atoms with E-state index in [1.807, 2.05) is 30.3 Å². The minimum atomic E-state index is -1.58. The second-order valence-electron chi connectivity index (χ2n) is 5.40. The molecule has 0 bridgehead atoms. The largest absolute Gasteiger partial charge is 0.465 e. The molecular formula is C19H25O5+. The van der Waals surface area contributed by atoms with Crippen LogP contribution in [0.15, 0.2) is 42.7 Å². The topological polar surface area (TPSA) is 63.9 Å². The van der Waals surface area contributed by atoms with E-state index in [0.29, 0.717) is 5.78 Å². The fraction of sp³-hybridized carbons (Fsp3) is 0.421. The maximum atomic E-state index is 12.6. The molecular weight excluding hydrogens is 308 g/mol. The predicted molar refractivity (Wildman–Crippen MR) is 91.3 cm³/mol. The molecule has 0 saturated carbocycles. The number of carbonyl (C=O) groups excluding carboxylic acids is 3. The number of hydrogen-bond acceptors (Lipinski definition) is 4. The standard InChI is InChI=1S/C19H25O5/c1-5-22-17(20)19(18(21)23-6-2,12-13-24-15(3)4)14-16-10-8-7-9-11-16/h7-13H,5-6,14H2,1-4H3/q+1/b13-12+. The summed E-state index contributed by atoms with van der Waals surface area (Å²) in [4.78, 5) is 25.2. The quantitative estimate of drug-likeness (QED) is 0.317. The van der Waals surface area contributed by atoms with Crippen molar-refractivity contribution in [3.8, 4) is 0 Å². The van der Waals surface area contributed by atoms with Crippen LogP contribution in [0.4, 0.5) is 0 Å². The van der Waals surface area contributed by atoms with Crippen molar-refractivity contribution in [2.24, 2.45) is 5.41 Å². The summed E-state index contributed by atoms with van der Waals surface area (Å²) >= 11 is 0. The summed E-state index contributed by atoms with van der Waals surface area (Å²) in [5.41, 5.74) is -0.761. The van der Waals surface area contributed by atoms with Gasteiger partial charge in [0.25, 0.3) is 5.78 Å². The Morgan fingerprint density at radius 2 is 1.58 bits per heavy atom. The first-order chi connectivity index (χ1) is 11.5. The minimum absolute atomic E-state index is 0.133. The Labute approximate surface area is 143 Å². The van der Waals surface area contributed by atoms with Gasteiger partial charge in [-0.25, -0.2) is 4.42 Å². The van der Waals surface area contributed by atoms with E-state index in [1.54, 1.807) is 27.7 Å². The summed E-state index contributed by atoms with van der Waals surface area (Å²) in [6.45, 7) is 7.28. The molecule has 0 atom stereocenters. The Morgan fingerprint density at radius 1 is 1.04 bits per heavy atom. The Balaban J connectivity index is 3.35. The molecule has 1 aromatic rings. The summed E-state index contributed by atoms with van der Waals surface area (Å²) in [7, 11) is 0. The highest BCUT2D eigenvalue weighted by molar-refractivity contribution is 6.02. The first-order valence-corrected chi connectivity index (χ1v) is 7.99. The third kappa shape index (κ3) is 5.33. The van der Waals surface area contributed by atoms with Crippen LogP contribution < -0.4 is 0 Å². The highest BCUT2D eigenvalue weighted by Crippen LogP contribution is 2.29. The fourth-order valence-electron chi connectivity index (χ4n) is 2.15. The molecule has 0 aromatic heterocycles. The van der Waals surface area contributed by atoms with Gasteiger partial charge in [-0.1, -0.05) is 30.3 Å². The van der Waals surface area contributed by atoms with E-state index in [-0.39, 0.29) is 19.6 Å². The molecule has 1 aromatic carbocycles. The lowest BCUT2D eigenvalue weighted by molar-refractivity contribution is -0.374. The lowest BCUT2D eigenvalue weighted by Gasteiger charge is -2.25. The molecule has 0 heterocycles. The Kier molecular flexibility index (Phi) is 7.89. The number of hydrogen-bond donors (Lipinski definition) is 0. The zero-order chi connectivity index (χ0) is 18.0. The predicted octanol–water partition coefficient (Wildman–Crippen LogP) is 3.00. The van der Waals surface area contributed by atoms with Crippen LogP contribution in [0.1, 0.15) is 33.3 Å². The van der Waals surface area contributed by atoms with Crippen molar-refractivity contribution in [3.05, 3.63) is 48.2 Å². The van der Waals surface area contributed by atoms with Gasteiger partial charge >= 0.3 is 18.2 Å². The van der Waals surface area contributed by atoms with Crippen molar-refractivity contribution in [2.45, 2.75) is 34.1 Å². The number of benzene rings is 1. The van der Waals surface area contributed by atoms with Crippen molar-refractivity contribution < 1.29 is 23.5 Å². The molecule has 0 fully saturated rings. The third-order valence-corrected chi connectivity index (χ3v) is 3.26. The molecule has 5 heteroatoms. The average molecular weight is 333 g/mol. The second-order valence-corrected chi connectivity index (χ2v) is 5.40. The smallest absolute Gasteiger partial charge is 0.328 e. The van der Waals surface area contributed by atoms with Crippen LogP contribution in [0, 0.1) is 5.41 Å². The summed E-state index contributed by atoms with van der Waals surface area (Å²) in [6, 6.07) is 9.26. The van der Waals surface area contributed by atoms with E-state index < -0.39 is 17.4 Å². The molecule has 0 N–H and O–H groups in total. The Bertz CT molecular complexity index is 579. The van der Waals surface area contributed by atoms with Crippen molar-refractivity contribution >= 4 is 17.7 Å². The zero-order valence-corrected chi connectivity index (χ0v) is 14.7. The SMILES string of the molecule is CCOC(=O)C(/C=C/[O+]=C(C)C)(Cc1ccccc1)C(=O)OCC. The van der Waals surface area contributed by atoms with Crippen LogP contribution in [0.5, 0.6) is 0 Å². The van der Waals surface area contributed by atoms with Crippen molar-refractivity contribution in [1.29, 1.82) is 0 Å². The minimum Gasteiger partial charge on any atom is -0.465 e. The van der Waals surface area contributed by atoms with E-state index in [1.165, 1.54) is 12.3 Å². The van der Waals surface area contributed by atoms with Gasteiger partial charge in [0.05, 0.1) is 13.2 Å². The van der Waals surface area contributed by atoms with E-state index in [2.05, 4.69) is 0 Å². The third-order valence-electron chi connectivity index (χ3n) is 3.26. The summed E-state index contributed by atoms with van der Waals surface area (Å²) in [5.74, 6) is -0.616. The summed E-state index contributed by atoms with van der Waals surface area (Å²) < 4.78 is 15.6. The van der Waals surface area contributed by atoms with Gasteiger partial charge in [-0.15, -0.1) is 0 Å². The molecule has 0 amide bonds. The summed E-state index contributed by atoms with van der Waals surface area (Å²) in [5, 5.41) is 0. The van der Waals surface area contributed by atoms with Gasteiger partial charge < -0.3 is 9.47 Å². The Hall–Kier alpha value is -2.43. The van der Waals surface area contributed by atoms with E-state index in [4.69, 9.17) is 13.9 Å². The maximum absolute atomic E-state index is 12.6. The Morgan fingerprint density at radius 3 is 2.04 bits per heavy atom. The first kappa shape index (κ1) is 19.6. The van der Waals surface area contributed by atoms with Crippen LogP contribution in [0.2, 0.25) is 0 Å². The number of esters is 2. The molecule has 0 aliphatic heterocycles. The number of rotatable bonds is 8. The monoisotopic (exact) mass is 333 g/mol. The van der Waals surface area contributed by atoms with E-state index in [0.717, 1.165) is 5.56 Å². The van der Waals surface area contributed by atoms with Crippen LogP contribution >= 0.6 is 0 Å². The van der Waals surface area contributed by atoms with Gasteiger partial charge in [0, 0.05) is 26.3 Å². The fourth-order valence-corrected chi connectivity index (χ4v) is 2.15. The van der Waals surface area contributed by atoms with Gasteiger partial charge in [-0.2, -0.15) is 0 Å². The molecule has 5 nitrogen and oxygen atoms in total. The van der Waals surface area contributed by atoms with E-state index in [9.17, 15) is 9.59 Å². The van der Waals surface area contributed by atoms with Crippen molar-refractivity contribution in [3.63, 3.8) is 0 Å². The highest BCUT2D eigenvalue weighted by atomic mass is 16.6. The zero-order valence-electron chi connectivity index (χ0n) is 14.7. The molecule has 130 valence electrons. The normalized spacial score (nSPS) is 11.2. The van der Waals surface area contributed by atoms with E-state index >= 15 is 0 Å². The summed E-state index contributed by atoms with van der Waals surface area (Å²) in [6.07, 6.45) is 2.89. The van der Waals surface area contributed by atoms with Crippen molar-refractivity contribution in [1.82, 2.24) is 0 Å². The molecule has 1 rings (SSSR count). The van der Waals surface area contributed by atoms with Gasteiger partial charge in [-0.3, -0.25) is 9.59 Å². The number of ketones is 1.